The van der Waals surface area contributed by atoms with Gasteiger partial charge in [0.2, 0.25) is 0 Å². The Morgan fingerprint density at radius 2 is 2.06 bits per heavy atom. The smallest absolute Gasteiger partial charge is 0.277 e. The third kappa shape index (κ3) is 5.36. The Kier molecular flexibility index (Phi) is 6.83. The number of non-ortho nitro benzene ring substituents is 1. The van der Waals surface area contributed by atoms with E-state index in [1.165, 1.54) is 22.9 Å². The van der Waals surface area contributed by atoms with Crippen LogP contribution >= 0.6 is 23.2 Å². The van der Waals surface area contributed by atoms with Gasteiger partial charge in [0.05, 0.1) is 27.0 Å². The van der Waals surface area contributed by atoms with Crippen molar-refractivity contribution in [3.8, 4) is 11.4 Å². The number of nitrogens with zero attached hydrogens (tertiary/aromatic N) is 5. The molecule has 0 saturated carbocycles. The van der Waals surface area contributed by atoms with Gasteiger partial charge in [0, 0.05) is 17.2 Å². The first kappa shape index (κ1) is 22.2. The summed E-state index contributed by atoms with van der Waals surface area (Å²) in [5, 5.41) is 23.8. The minimum atomic E-state index is -0.505. The third-order valence-corrected chi connectivity index (χ3v) is 4.65. The number of hydrogen-bond donors (Lipinski definition) is 1. The SMILES string of the molecule is C/C(=N\NC(=O)COc1ccc(Cl)cc1Cl)c1nnn(-c2cccc([N+](=O)[O-])c2)c1C. The minimum Gasteiger partial charge on any atom is -0.482 e. The molecule has 0 aliphatic carbocycles. The lowest BCUT2D eigenvalue weighted by Crippen LogP contribution is -2.25. The maximum absolute atomic E-state index is 12.0. The van der Waals surface area contributed by atoms with E-state index in [0.717, 1.165) is 0 Å². The van der Waals surface area contributed by atoms with Crippen molar-refractivity contribution in [2.45, 2.75) is 13.8 Å². The van der Waals surface area contributed by atoms with E-state index in [0.29, 0.717) is 33.6 Å². The fraction of sp³-hybridized carbons (Fsp3) is 0.158. The molecule has 1 N–H and O–H groups in total. The van der Waals surface area contributed by atoms with Crippen molar-refractivity contribution in [1.82, 2.24) is 20.4 Å². The quantitative estimate of drug-likeness (QED) is 0.324. The van der Waals surface area contributed by atoms with E-state index >= 15 is 0 Å². The molecule has 2 aromatic carbocycles. The van der Waals surface area contributed by atoms with Gasteiger partial charge >= 0.3 is 0 Å². The number of amides is 1. The van der Waals surface area contributed by atoms with Crippen LogP contribution in [-0.4, -0.2) is 38.1 Å². The Bertz CT molecular complexity index is 1180. The van der Waals surface area contributed by atoms with Crippen LogP contribution in [0.1, 0.15) is 18.3 Å². The Hall–Kier alpha value is -3.50. The topological polar surface area (TPSA) is 125 Å². The van der Waals surface area contributed by atoms with Gasteiger partial charge in [-0.15, -0.1) is 5.10 Å². The molecule has 1 amide bonds. The summed E-state index contributed by atoms with van der Waals surface area (Å²) in [5.41, 5.74) is 4.21. The highest BCUT2D eigenvalue weighted by Gasteiger charge is 2.15. The number of aromatic nitrogens is 3. The second-order valence-corrected chi connectivity index (χ2v) is 7.15. The normalized spacial score (nSPS) is 11.3. The molecule has 0 spiro atoms. The zero-order valence-electron chi connectivity index (χ0n) is 16.4. The van der Waals surface area contributed by atoms with Gasteiger partial charge < -0.3 is 4.74 Å². The highest BCUT2D eigenvalue weighted by molar-refractivity contribution is 6.35. The van der Waals surface area contributed by atoms with Gasteiger partial charge in [-0.3, -0.25) is 14.9 Å². The summed E-state index contributed by atoms with van der Waals surface area (Å²) < 4.78 is 6.80. The summed E-state index contributed by atoms with van der Waals surface area (Å²) in [7, 11) is 0. The zero-order valence-corrected chi connectivity index (χ0v) is 17.9. The van der Waals surface area contributed by atoms with Crippen molar-refractivity contribution in [1.29, 1.82) is 0 Å². The van der Waals surface area contributed by atoms with E-state index in [1.807, 2.05) is 0 Å². The lowest BCUT2D eigenvalue weighted by molar-refractivity contribution is -0.384. The molecule has 10 nitrogen and oxygen atoms in total. The maximum Gasteiger partial charge on any atom is 0.277 e. The second-order valence-electron chi connectivity index (χ2n) is 6.31. The molecule has 0 saturated heterocycles. The molecule has 0 aliphatic heterocycles. The van der Waals surface area contributed by atoms with Crippen LogP contribution in [0.2, 0.25) is 10.0 Å². The highest BCUT2D eigenvalue weighted by atomic mass is 35.5. The average molecular weight is 463 g/mol. The van der Waals surface area contributed by atoms with Crippen molar-refractivity contribution < 1.29 is 14.5 Å². The van der Waals surface area contributed by atoms with Crippen LogP contribution in [0.25, 0.3) is 5.69 Å². The van der Waals surface area contributed by atoms with Crippen LogP contribution in [0, 0.1) is 17.0 Å². The molecule has 3 aromatic rings. The van der Waals surface area contributed by atoms with Crippen LogP contribution in [0.4, 0.5) is 5.69 Å². The van der Waals surface area contributed by atoms with Gasteiger partial charge in [-0.25, -0.2) is 10.1 Å². The molecule has 160 valence electrons. The lowest BCUT2D eigenvalue weighted by atomic mass is 10.2. The van der Waals surface area contributed by atoms with Crippen molar-refractivity contribution in [2.24, 2.45) is 5.10 Å². The van der Waals surface area contributed by atoms with Gasteiger partial charge in [0.25, 0.3) is 11.6 Å². The molecule has 0 fully saturated rings. The maximum atomic E-state index is 12.0. The van der Waals surface area contributed by atoms with E-state index in [2.05, 4.69) is 20.8 Å². The first-order chi connectivity index (χ1) is 14.8. The highest BCUT2D eigenvalue weighted by Crippen LogP contribution is 2.27. The number of nitrogens with one attached hydrogen (secondary N) is 1. The standard InChI is InChI=1S/C19H16Cl2N6O4/c1-11(22-23-18(28)10-31-17-7-6-13(20)8-16(17)21)19-12(2)26(25-24-19)14-4-3-5-15(9-14)27(29)30/h3-9H,10H2,1-2H3,(H,23,28)/b22-11+. The Labute approximate surface area is 186 Å². The van der Waals surface area contributed by atoms with Crippen LogP contribution in [0.3, 0.4) is 0 Å². The fourth-order valence-electron chi connectivity index (χ4n) is 2.61. The van der Waals surface area contributed by atoms with Crippen molar-refractivity contribution >= 4 is 40.5 Å². The van der Waals surface area contributed by atoms with Crippen LogP contribution < -0.4 is 10.2 Å². The van der Waals surface area contributed by atoms with Crippen molar-refractivity contribution in [2.75, 3.05) is 6.61 Å². The van der Waals surface area contributed by atoms with Gasteiger partial charge in [0.1, 0.15) is 11.4 Å². The number of rotatable bonds is 7. The molecule has 1 aromatic heterocycles. The van der Waals surface area contributed by atoms with Gasteiger partial charge in [-0.1, -0.05) is 34.5 Å². The minimum absolute atomic E-state index is 0.0626. The molecule has 0 aliphatic rings. The largest absolute Gasteiger partial charge is 0.482 e. The molecule has 31 heavy (non-hydrogen) atoms. The van der Waals surface area contributed by atoms with E-state index in [1.54, 1.807) is 38.1 Å². The van der Waals surface area contributed by atoms with E-state index in [9.17, 15) is 14.9 Å². The average Bonchev–Trinajstić information content (AvgIpc) is 3.12. The fourth-order valence-corrected chi connectivity index (χ4v) is 3.08. The molecular formula is C19H16Cl2N6O4. The van der Waals surface area contributed by atoms with Crippen molar-refractivity contribution in [3.63, 3.8) is 0 Å². The first-order valence-corrected chi connectivity index (χ1v) is 9.60. The second kappa shape index (κ2) is 9.54. The number of nitro benzene ring substituents is 1. The number of benzene rings is 2. The van der Waals surface area contributed by atoms with E-state index in [-0.39, 0.29) is 17.3 Å². The zero-order chi connectivity index (χ0) is 22.5. The van der Waals surface area contributed by atoms with Crippen LogP contribution in [0.15, 0.2) is 47.6 Å². The molecular weight excluding hydrogens is 447 g/mol. The Balaban J connectivity index is 1.67. The summed E-state index contributed by atoms with van der Waals surface area (Å²) >= 11 is 11.8. The first-order valence-electron chi connectivity index (χ1n) is 8.84. The van der Waals surface area contributed by atoms with Crippen LogP contribution in [0.5, 0.6) is 5.75 Å². The molecule has 0 radical (unpaired) electrons. The molecule has 12 heteroatoms. The van der Waals surface area contributed by atoms with E-state index in [4.69, 9.17) is 27.9 Å². The number of halogens is 2. The van der Waals surface area contributed by atoms with Gasteiger partial charge in [0.15, 0.2) is 6.61 Å². The predicted molar refractivity (Wildman–Crippen MR) is 115 cm³/mol. The number of hydrogen-bond acceptors (Lipinski definition) is 7. The number of carbonyl (C=O) groups is 1. The monoisotopic (exact) mass is 462 g/mol. The Morgan fingerprint density at radius 1 is 1.29 bits per heavy atom. The lowest BCUT2D eigenvalue weighted by Gasteiger charge is -2.07. The van der Waals surface area contributed by atoms with Gasteiger partial charge in [-0.2, -0.15) is 5.10 Å². The summed E-state index contributed by atoms with van der Waals surface area (Å²) in [6.45, 7) is 3.07. The summed E-state index contributed by atoms with van der Waals surface area (Å²) in [5.74, 6) is -0.188. The number of nitro groups is 1. The van der Waals surface area contributed by atoms with Crippen molar-refractivity contribution in [3.05, 3.63) is 74.0 Å². The van der Waals surface area contributed by atoms with Crippen LogP contribution in [-0.2, 0) is 4.79 Å². The molecule has 3 rings (SSSR count). The number of ether oxygens (including phenoxy) is 1. The predicted octanol–water partition coefficient (Wildman–Crippen LogP) is 3.71. The summed E-state index contributed by atoms with van der Waals surface area (Å²) in [6, 6.07) is 10.7. The van der Waals surface area contributed by atoms with E-state index < -0.39 is 10.8 Å². The number of hydrazone groups is 1. The molecule has 0 bridgehead atoms. The number of carbonyl (C=O) groups excluding carboxylic acids is 1. The molecule has 1 heterocycles. The third-order valence-electron chi connectivity index (χ3n) is 4.12. The molecule has 0 unspecified atom stereocenters. The summed E-state index contributed by atoms with van der Waals surface area (Å²) in [6.07, 6.45) is 0. The Morgan fingerprint density at radius 3 is 2.77 bits per heavy atom. The summed E-state index contributed by atoms with van der Waals surface area (Å²) in [4.78, 5) is 22.5. The van der Waals surface area contributed by atoms with Gasteiger partial charge in [-0.05, 0) is 38.1 Å². The molecule has 0 atom stereocenters.